The first kappa shape index (κ1) is 18.8. The molecule has 7 heteroatoms. The second kappa shape index (κ2) is 8.18. The molecule has 1 amide bonds. The van der Waals surface area contributed by atoms with Crippen molar-refractivity contribution in [3.63, 3.8) is 0 Å². The number of aryl methyl sites for hydroxylation is 2. The van der Waals surface area contributed by atoms with Crippen LogP contribution >= 0.6 is 11.3 Å². The van der Waals surface area contributed by atoms with Crippen molar-refractivity contribution in [3.8, 4) is 0 Å². The van der Waals surface area contributed by atoms with Gasteiger partial charge in [0.2, 0.25) is 0 Å². The van der Waals surface area contributed by atoms with Crippen LogP contribution in [-0.4, -0.2) is 24.1 Å². The highest BCUT2D eigenvalue weighted by atomic mass is 32.1. The third-order valence-corrected chi connectivity index (χ3v) is 5.18. The Bertz CT molecular complexity index is 960. The molecule has 0 spiro atoms. The van der Waals surface area contributed by atoms with Gasteiger partial charge in [-0.05, 0) is 25.0 Å². The average molecular weight is 384 g/mol. The molecule has 0 bridgehead atoms. The molecule has 6 nitrogen and oxygen atoms in total. The number of hydrogen-bond acceptors (Lipinski definition) is 6. The summed E-state index contributed by atoms with van der Waals surface area (Å²) in [5.41, 5.74) is 2.46. The van der Waals surface area contributed by atoms with Gasteiger partial charge in [-0.3, -0.25) is 4.79 Å². The number of thiophene rings is 1. The van der Waals surface area contributed by atoms with Crippen molar-refractivity contribution < 1.29 is 18.8 Å². The van der Waals surface area contributed by atoms with Crippen molar-refractivity contribution in [2.45, 2.75) is 26.7 Å². The van der Waals surface area contributed by atoms with E-state index in [1.807, 2.05) is 37.3 Å². The monoisotopic (exact) mass is 384 g/mol. The molecule has 140 valence electrons. The van der Waals surface area contributed by atoms with Gasteiger partial charge in [-0.15, -0.1) is 11.3 Å². The fraction of sp³-hybridized carbons (Fsp3) is 0.250. The number of anilines is 1. The lowest BCUT2D eigenvalue weighted by Gasteiger charge is -2.05. The lowest BCUT2D eigenvalue weighted by Crippen LogP contribution is -2.15. The SMILES string of the molecule is CCc1noc(C)c1C(=O)Nc1sc(Cc2ccccc2)cc1C(=O)OC. The van der Waals surface area contributed by atoms with Crippen LogP contribution in [0.15, 0.2) is 40.9 Å². The minimum atomic E-state index is -0.487. The summed E-state index contributed by atoms with van der Waals surface area (Å²) in [5, 5.41) is 7.19. The van der Waals surface area contributed by atoms with E-state index >= 15 is 0 Å². The van der Waals surface area contributed by atoms with E-state index in [1.54, 1.807) is 13.0 Å². The summed E-state index contributed by atoms with van der Waals surface area (Å²) >= 11 is 1.36. The van der Waals surface area contributed by atoms with Crippen molar-refractivity contribution in [2.75, 3.05) is 12.4 Å². The number of rotatable bonds is 6. The maximum atomic E-state index is 12.7. The quantitative estimate of drug-likeness (QED) is 0.643. The lowest BCUT2D eigenvalue weighted by molar-refractivity contribution is 0.0602. The largest absolute Gasteiger partial charge is 0.465 e. The topological polar surface area (TPSA) is 81.4 Å². The van der Waals surface area contributed by atoms with Gasteiger partial charge in [-0.25, -0.2) is 4.79 Å². The van der Waals surface area contributed by atoms with Gasteiger partial charge >= 0.3 is 5.97 Å². The number of aromatic nitrogens is 1. The van der Waals surface area contributed by atoms with Gasteiger partial charge < -0.3 is 14.6 Å². The van der Waals surface area contributed by atoms with Gasteiger partial charge in [0, 0.05) is 11.3 Å². The first-order chi connectivity index (χ1) is 13.0. The number of nitrogens with one attached hydrogen (secondary N) is 1. The Labute approximate surface area is 161 Å². The number of amides is 1. The Balaban J connectivity index is 1.90. The highest BCUT2D eigenvalue weighted by Crippen LogP contribution is 2.31. The third kappa shape index (κ3) is 4.09. The summed E-state index contributed by atoms with van der Waals surface area (Å²) in [6, 6.07) is 11.7. The van der Waals surface area contributed by atoms with Crippen LogP contribution in [-0.2, 0) is 17.6 Å². The van der Waals surface area contributed by atoms with Gasteiger partial charge in [0.25, 0.3) is 5.91 Å². The second-order valence-electron chi connectivity index (χ2n) is 5.98. The number of nitrogens with zero attached hydrogens (tertiary/aromatic N) is 1. The molecule has 2 heterocycles. The number of methoxy groups -OCH3 is 1. The van der Waals surface area contributed by atoms with E-state index in [2.05, 4.69) is 10.5 Å². The van der Waals surface area contributed by atoms with E-state index in [9.17, 15) is 9.59 Å². The summed E-state index contributed by atoms with van der Waals surface area (Å²) in [6.45, 7) is 3.59. The van der Waals surface area contributed by atoms with Gasteiger partial charge in [-0.1, -0.05) is 42.4 Å². The molecule has 3 rings (SSSR count). The maximum Gasteiger partial charge on any atom is 0.340 e. The van der Waals surface area contributed by atoms with Crippen molar-refractivity contribution in [1.82, 2.24) is 5.16 Å². The van der Waals surface area contributed by atoms with Crippen molar-refractivity contribution >= 4 is 28.2 Å². The Kier molecular flexibility index (Phi) is 5.71. The molecule has 0 saturated carbocycles. The maximum absolute atomic E-state index is 12.7. The highest BCUT2D eigenvalue weighted by molar-refractivity contribution is 7.16. The number of carbonyl (C=O) groups is 2. The Morgan fingerprint density at radius 3 is 2.67 bits per heavy atom. The number of esters is 1. The Morgan fingerprint density at radius 2 is 2.00 bits per heavy atom. The Hall–Kier alpha value is -2.93. The summed E-state index contributed by atoms with van der Waals surface area (Å²) in [4.78, 5) is 25.9. The fourth-order valence-corrected chi connectivity index (χ4v) is 3.87. The molecule has 0 unspecified atom stereocenters. The average Bonchev–Trinajstić information content (AvgIpc) is 3.24. The van der Waals surface area contributed by atoms with E-state index in [0.717, 1.165) is 10.4 Å². The molecule has 1 N–H and O–H groups in total. The van der Waals surface area contributed by atoms with E-state index in [0.29, 0.717) is 40.4 Å². The molecule has 0 aliphatic rings. The smallest absolute Gasteiger partial charge is 0.340 e. The third-order valence-electron chi connectivity index (χ3n) is 4.13. The fourth-order valence-electron chi connectivity index (χ4n) is 2.80. The molecule has 0 radical (unpaired) electrons. The molecule has 0 fully saturated rings. The second-order valence-corrected chi connectivity index (χ2v) is 7.11. The summed E-state index contributed by atoms with van der Waals surface area (Å²) < 4.78 is 10.00. The molecule has 0 aliphatic carbocycles. The van der Waals surface area contributed by atoms with Crippen LogP contribution in [0.5, 0.6) is 0 Å². The predicted molar refractivity (Wildman–Crippen MR) is 103 cm³/mol. The molecular weight excluding hydrogens is 364 g/mol. The molecule has 0 saturated heterocycles. The van der Waals surface area contributed by atoms with Crippen LogP contribution in [0.25, 0.3) is 0 Å². The van der Waals surface area contributed by atoms with Gasteiger partial charge in [-0.2, -0.15) is 0 Å². The lowest BCUT2D eigenvalue weighted by atomic mass is 10.1. The summed E-state index contributed by atoms with van der Waals surface area (Å²) in [6.07, 6.45) is 1.24. The van der Waals surface area contributed by atoms with Crippen LogP contribution in [0.4, 0.5) is 5.00 Å². The minimum Gasteiger partial charge on any atom is -0.465 e. The summed E-state index contributed by atoms with van der Waals surface area (Å²) in [5.74, 6) is -0.382. The number of carbonyl (C=O) groups excluding carboxylic acids is 2. The number of ether oxygens (including phenoxy) is 1. The molecule has 3 aromatic rings. The predicted octanol–water partition coefficient (Wildman–Crippen LogP) is 4.24. The zero-order valence-electron chi connectivity index (χ0n) is 15.4. The van der Waals surface area contributed by atoms with E-state index in [1.165, 1.54) is 18.4 Å². The number of benzene rings is 1. The molecule has 27 heavy (non-hydrogen) atoms. The van der Waals surface area contributed by atoms with Gasteiger partial charge in [0.1, 0.15) is 16.3 Å². The molecule has 1 aromatic carbocycles. The highest BCUT2D eigenvalue weighted by Gasteiger charge is 2.23. The van der Waals surface area contributed by atoms with Gasteiger partial charge in [0.05, 0.1) is 18.4 Å². The number of hydrogen-bond donors (Lipinski definition) is 1. The minimum absolute atomic E-state index is 0.342. The molecular formula is C20H20N2O4S. The zero-order chi connectivity index (χ0) is 19.4. The first-order valence-electron chi connectivity index (χ1n) is 8.54. The van der Waals surface area contributed by atoms with E-state index in [-0.39, 0.29) is 5.91 Å². The van der Waals surface area contributed by atoms with Crippen LogP contribution in [0, 0.1) is 6.92 Å². The van der Waals surface area contributed by atoms with Gasteiger partial charge in [0.15, 0.2) is 0 Å². The van der Waals surface area contributed by atoms with E-state index in [4.69, 9.17) is 9.26 Å². The van der Waals surface area contributed by atoms with Crippen LogP contribution in [0.1, 0.15) is 49.5 Å². The van der Waals surface area contributed by atoms with E-state index < -0.39 is 5.97 Å². The Morgan fingerprint density at radius 1 is 1.26 bits per heavy atom. The van der Waals surface area contributed by atoms with Crippen LogP contribution < -0.4 is 5.32 Å². The normalized spacial score (nSPS) is 10.6. The standard InChI is InChI=1S/C20H20N2O4S/c1-4-16-17(12(2)26-22-16)18(23)21-19-15(20(24)25-3)11-14(27-19)10-13-8-6-5-7-9-13/h5-9,11H,4,10H2,1-3H3,(H,21,23). The van der Waals surface area contributed by atoms with Crippen LogP contribution in [0.3, 0.4) is 0 Å². The van der Waals surface area contributed by atoms with Crippen LogP contribution in [0.2, 0.25) is 0 Å². The molecule has 0 atom stereocenters. The zero-order valence-corrected chi connectivity index (χ0v) is 16.2. The molecule has 2 aromatic heterocycles. The molecule has 0 aliphatic heterocycles. The first-order valence-corrected chi connectivity index (χ1v) is 9.36. The van der Waals surface area contributed by atoms with Crippen molar-refractivity contribution in [3.05, 3.63) is 69.4 Å². The summed E-state index contributed by atoms with van der Waals surface area (Å²) in [7, 11) is 1.32. The van der Waals surface area contributed by atoms with Crippen molar-refractivity contribution in [1.29, 1.82) is 0 Å². The van der Waals surface area contributed by atoms with Crippen molar-refractivity contribution in [2.24, 2.45) is 0 Å².